The van der Waals surface area contributed by atoms with E-state index in [2.05, 4.69) is 63.8 Å². The third-order valence-electron chi connectivity index (χ3n) is 5.10. The zero-order valence-corrected chi connectivity index (χ0v) is 16.9. The predicted octanol–water partition coefficient (Wildman–Crippen LogP) is 5.14. The monoisotopic (exact) mass is 391 g/mol. The van der Waals surface area contributed by atoms with Gasteiger partial charge in [0.05, 0.1) is 7.11 Å². The Hall–Kier alpha value is -2.53. The number of rotatable bonds is 6. The van der Waals surface area contributed by atoms with Crippen molar-refractivity contribution in [2.24, 2.45) is 0 Å². The maximum Gasteiger partial charge on any atom is 0.130 e. The molecule has 3 aromatic rings. The largest absolute Gasteiger partial charge is 0.497 e. The summed E-state index contributed by atoms with van der Waals surface area (Å²) in [6, 6.07) is 19.4. The Kier molecular flexibility index (Phi) is 6.12. The van der Waals surface area contributed by atoms with Gasteiger partial charge >= 0.3 is 0 Å². The third-order valence-corrected chi connectivity index (χ3v) is 6.10. The molecule has 0 fully saturated rings. The van der Waals surface area contributed by atoms with Gasteiger partial charge in [-0.25, -0.2) is 9.97 Å². The van der Waals surface area contributed by atoms with Crippen LogP contribution in [0.4, 0.5) is 5.82 Å². The van der Waals surface area contributed by atoms with Gasteiger partial charge in [-0.2, -0.15) is 0 Å². The molecule has 1 aliphatic rings. The molecule has 1 aromatic heterocycles. The number of anilines is 1. The minimum Gasteiger partial charge on any atom is -0.497 e. The molecule has 0 saturated carbocycles. The SMILES string of the molecule is COc1ccc2c(c1)CCCC(Nc1cc(SCc3ccccc3)ncn1)C2. The van der Waals surface area contributed by atoms with Crippen LogP contribution in [-0.4, -0.2) is 23.1 Å². The van der Waals surface area contributed by atoms with Crippen molar-refractivity contribution in [2.45, 2.75) is 42.5 Å². The van der Waals surface area contributed by atoms with E-state index in [0.717, 1.165) is 41.6 Å². The van der Waals surface area contributed by atoms with Gasteiger partial charge in [-0.3, -0.25) is 0 Å². The van der Waals surface area contributed by atoms with Crippen LogP contribution in [0.3, 0.4) is 0 Å². The van der Waals surface area contributed by atoms with E-state index in [0.29, 0.717) is 6.04 Å². The van der Waals surface area contributed by atoms with Crippen molar-refractivity contribution >= 4 is 17.6 Å². The quantitative estimate of drug-likeness (QED) is 0.358. The molecule has 0 saturated heterocycles. The molecule has 4 nitrogen and oxygen atoms in total. The number of nitrogens with one attached hydrogen (secondary N) is 1. The Morgan fingerprint density at radius 2 is 1.96 bits per heavy atom. The lowest BCUT2D eigenvalue weighted by Crippen LogP contribution is -2.22. The lowest BCUT2D eigenvalue weighted by atomic mass is 10.0. The highest BCUT2D eigenvalue weighted by atomic mass is 32.2. The Balaban J connectivity index is 1.41. The molecule has 1 unspecified atom stereocenters. The van der Waals surface area contributed by atoms with Crippen LogP contribution >= 0.6 is 11.8 Å². The van der Waals surface area contributed by atoms with Crippen LogP contribution in [0.15, 0.2) is 66.0 Å². The van der Waals surface area contributed by atoms with Gasteiger partial charge in [0.15, 0.2) is 0 Å². The van der Waals surface area contributed by atoms with Gasteiger partial charge in [0.1, 0.15) is 22.9 Å². The minimum absolute atomic E-state index is 0.386. The maximum absolute atomic E-state index is 5.38. The van der Waals surface area contributed by atoms with Crippen LogP contribution < -0.4 is 10.1 Å². The second kappa shape index (κ2) is 9.11. The minimum atomic E-state index is 0.386. The van der Waals surface area contributed by atoms with Crippen LogP contribution in [0.25, 0.3) is 0 Å². The van der Waals surface area contributed by atoms with Crippen molar-refractivity contribution in [1.29, 1.82) is 0 Å². The molecule has 1 heterocycles. The van der Waals surface area contributed by atoms with E-state index in [9.17, 15) is 0 Å². The molecule has 4 rings (SSSR count). The molecule has 0 aliphatic heterocycles. The number of hydrogen-bond acceptors (Lipinski definition) is 5. The molecule has 5 heteroatoms. The van der Waals surface area contributed by atoms with Gasteiger partial charge in [-0.15, -0.1) is 11.8 Å². The van der Waals surface area contributed by atoms with Gasteiger partial charge in [0.25, 0.3) is 0 Å². The van der Waals surface area contributed by atoms with Crippen LogP contribution in [0.1, 0.15) is 29.5 Å². The van der Waals surface area contributed by atoms with E-state index in [4.69, 9.17) is 4.74 Å². The second-order valence-corrected chi connectivity index (χ2v) is 8.08. The zero-order chi connectivity index (χ0) is 19.2. The standard InChI is InChI=1S/C23H25N3OS/c1-27-21-11-10-19-12-20(9-5-8-18(19)13-21)26-22-14-23(25-16-24-22)28-15-17-6-3-2-4-7-17/h2-4,6-7,10-11,13-14,16,20H,5,8-9,12,15H2,1H3,(H,24,25,26). The fraction of sp³-hybridized carbons (Fsp3) is 0.304. The summed E-state index contributed by atoms with van der Waals surface area (Å²) in [5.41, 5.74) is 4.12. The summed E-state index contributed by atoms with van der Waals surface area (Å²) >= 11 is 1.74. The smallest absolute Gasteiger partial charge is 0.130 e. The average molecular weight is 392 g/mol. The van der Waals surface area contributed by atoms with Gasteiger partial charge in [0.2, 0.25) is 0 Å². The number of methoxy groups -OCH3 is 1. The number of aromatic nitrogens is 2. The molecule has 28 heavy (non-hydrogen) atoms. The summed E-state index contributed by atoms with van der Waals surface area (Å²) in [5, 5.41) is 4.63. The number of thioether (sulfide) groups is 1. The topological polar surface area (TPSA) is 47.0 Å². The van der Waals surface area contributed by atoms with Crippen molar-refractivity contribution in [2.75, 3.05) is 12.4 Å². The summed E-state index contributed by atoms with van der Waals surface area (Å²) in [4.78, 5) is 8.87. The highest BCUT2D eigenvalue weighted by Gasteiger charge is 2.18. The Morgan fingerprint density at radius 1 is 1.07 bits per heavy atom. The van der Waals surface area contributed by atoms with Crippen molar-refractivity contribution in [3.63, 3.8) is 0 Å². The molecule has 144 valence electrons. The van der Waals surface area contributed by atoms with Crippen molar-refractivity contribution < 1.29 is 4.74 Å². The van der Waals surface area contributed by atoms with Crippen LogP contribution in [0, 0.1) is 0 Å². The highest BCUT2D eigenvalue weighted by Crippen LogP contribution is 2.27. The molecule has 1 aliphatic carbocycles. The van der Waals surface area contributed by atoms with Crippen molar-refractivity contribution in [3.05, 3.63) is 77.6 Å². The predicted molar refractivity (Wildman–Crippen MR) is 115 cm³/mol. The molecule has 2 aromatic carbocycles. The van der Waals surface area contributed by atoms with E-state index in [1.807, 2.05) is 6.07 Å². The molecule has 0 spiro atoms. The molecule has 0 amide bonds. The number of aryl methyl sites for hydroxylation is 1. The fourth-order valence-corrected chi connectivity index (χ4v) is 4.45. The molecular formula is C23H25N3OS. The molecular weight excluding hydrogens is 366 g/mol. The average Bonchev–Trinajstić information content (AvgIpc) is 2.94. The number of hydrogen-bond donors (Lipinski definition) is 1. The van der Waals surface area contributed by atoms with E-state index in [1.54, 1.807) is 25.2 Å². The lowest BCUT2D eigenvalue weighted by molar-refractivity contribution is 0.414. The summed E-state index contributed by atoms with van der Waals surface area (Å²) in [6.07, 6.45) is 6.07. The maximum atomic E-state index is 5.38. The van der Waals surface area contributed by atoms with Crippen LogP contribution in [-0.2, 0) is 18.6 Å². The van der Waals surface area contributed by atoms with E-state index in [1.165, 1.54) is 23.1 Å². The summed E-state index contributed by atoms with van der Waals surface area (Å²) < 4.78 is 5.38. The van der Waals surface area contributed by atoms with Gasteiger partial charge in [-0.1, -0.05) is 36.4 Å². The van der Waals surface area contributed by atoms with Gasteiger partial charge in [-0.05, 0) is 54.5 Å². The fourth-order valence-electron chi connectivity index (χ4n) is 3.63. The van der Waals surface area contributed by atoms with Crippen LogP contribution in [0.2, 0.25) is 0 Å². The summed E-state index contributed by atoms with van der Waals surface area (Å²) in [7, 11) is 1.73. The van der Waals surface area contributed by atoms with Gasteiger partial charge in [0, 0.05) is 17.9 Å². The molecule has 0 bridgehead atoms. The van der Waals surface area contributed by atoms with Crippen molar-refractivity contribution in [3.8, 4) is 5.75 Å². The lowest BCUT2D eigenvalue weighted by Gasteiger charge is -2.18. The van der Waals surface area contributed by atoms with Crippen LogP contribution in [0.5, 0.6) is 5.75 Å². The Morgan fingerprint density at radius 3 is 2.82 bits per heavy atom. The Labute approximate surface area is 170 Å². The molecule has 1 N–H and O–H groups in total. The third kappa shape index (κ3) is 4.84. The normalized spacial score (nSPS) is 16.1. The first-order valence-electron chi connectivity index (χ1n) is 9.71. The first-order valence-corrected chi connectivity index (χ1v) is 10.7. The second-order valence-electron chi connectivity index (χ2n) is 7.09. The highest BCUT2D eigenvalue weighted by molar-refractivity contribution is 7.98. The van der Waals surface area contributed by atoms with E-state index >= 15 is 0 Å². The van der Waals surface area contributed by atoms with E-state index < -0.39 is 0 Å². The molecule has 1 atom stereocenters. The van der Waals surface area contributed by atoms with E-state index in [-0.39, 0.29) is 0 Å². The number of ether oxygens (including phenoxy) is 1. The zero-order valence-electron chi connectivity index (χ0n) is 16.1. The number of fused-ring (bicyclic) bond motifs is 1. The molecule has 0 radical (unpaired) electrons. The van der Waals surface area contributed by atoms with Gasteiger partial charge < -0.3 is 10.1 Å². The number of nitrogens with zero attached hydrogens (tertiary/aromatic N) is 2. The summed E-state index contributed by atoms with van der Waals surface area (Å²) in [5.74, 6) is 2.77. The number of benzene rings is 2. The summed E-state index contributed by atoms with van der Waals surface area (Å²) in [6.45, 7) is 0. The first-order chi connectivity index (χ1) is 13.8. The Bertz CT molecular complexity index is 917. The first kappa shape index (κ1) is 18.8. The van der Waals surface area contributed by atoms with Crippen molar-refractivity contribution in [1.82, 2.24) is 9.97 Å².